The van der Waals surface area contributed by atoms with E-state index in [2.05, 4.69) is 50.4 Å². The van der Waals surface area contributed by atoms with Crippen LogP contribution in [0, 0.1) is 5.92 Å². The lowest BCUT2D eigenvalue weighted by molar-refractivity contribution is 0.289. The van der Waals surface area contributed by atoms with Gasteiger partial charge >= 0.3 is 0 Å². The van der Waals surface area contributed by atoms with Gasteiger partial charge in [0.2, 0.25) is 0 Å². The number of anilines is 1. The van der Waals surface area contributed by atoms with Gasteiger partial charge in [-0.15, -0.1) is 0 Å². The highest BCUT2D eigenvalue weighted by atomic mass is 16.5. The quantitative estimate of drug-likeness (QED) is 0.516. The smallest absolute Gasteiger partial charge is 0.124 e. The molecule has 2 aromatic rings. The van der Waals surface area contributed by atoms with Crippen molar-refractivity contribution in [3.8, 4) is 11.5 Å². The normalized spacial score (nSPS) is 10.7. The number of unbranched alkanes of at least 4 members (excludes halogenated alkanes) is 1. The van der Waals surface area contributed by atoms with Crippen molar-refractivity contribution in [2.75, 3.05) is 18.5 Å². The van der Waals surface area contributed by atoms with Gasteiger partial charge in [0.05, 0.1) is 13.2 Å². The highest BCUT2D eigenvalue weighted by Gasteiger charge is 2.03. The van der Waals surface area contributed by atoms with Crippen LogP contribution in [-0.4, -0.2) is 13.2 Å². The first kappa shape index (κ1) is 19.2. The maximum atomic E-state index is 5.89. The summed E-state index contributed by atoms with van der Waals surface area (Å²) in [6, 6.07) is 16.4. The zero-order valence-electron chi connectivity index (χ0n) is 15.8. The lowest BCUT2D eigenvalue weighted by atomic mass is 10.1. The summed E-state index contributed by atoms with van der Waals surface area (Å²) in [6.07, 6.45) is 3.31. The fourth-order valence-electron chi connectivity index (χ4n) is 2.40. The van der Waals surface area contributed by atoms with Gasteiger partial charge in [0.15, 0.2) is 0 Å². The lowest BCUT2D eigenvalue weighted by Crippen LogP contribution is -2.04. The summed E-state index contributed by atoms with van der Waals surface area (Å²) in [6.45, 7) is 8.88. The minimum Gasteiger partial charge on any atom is -0.494 e. The molecule has 0 saturated carbocycles. The molecule has 2 aromatic carbocycles. The third kappa shape index (κ3) is 7.08. The summed E-state index contributed by atoms with van der Waals surface area (Å²) in [4.78, 5) is 0. The average molecular weight is 341 g/mol. The van der Waals surface area contributed by atoms with E-state index in [0.29, 0.717) is 5.92 Å². The summed E-state index contributed by atoms with van der Waals surface area (Å²) in [5, 5.41) is 3.46. The van der Waals surface area contributed by atoms with Gasteiger partial charge in [0, 0.05) is 17.8 Å². The fourth-order valence-corrected chi connectivity index (χ4v) is 2.40. The number of rotatable bonds is 11. The van der Waals surface area contributed by atoms with Gasteiger partial charge in [0.25, 0.3) is 0 Å². The van der Waals surface area contributed by atoms with Crippen molar-refractivity contribution in [1.82, 2.24) is 0 Å². The monoisotopic (exact) mass is 341 g/mol. The molecule has 0 bridgehead atoms. The molecule has 0 atom stereocenters. The topological polar surface area (TPSA) is 30.5 Å². The van der Waals surface area contributed by atoms with Gasteiger partial charge in [-0.3, -0.25) is 0 Å². The van der Waals surface area contributed by atoms with Gasteiger partial charge in [-0.05, 0) is 49.1 Å². The summed E-state index contributed by atoms with van der Waals surface area (Å²) >= 11 is 0. The van der Waals surface area contributed by atoms with Crippen molar-refractivity contribution >= 4 is 5.69 Å². The Morgan fingerprint density at radius 1 is 0.920 bits per heavy atom. The molecule has 25 heavy (non-hydrogen) atoms. The molecule has 0 unspecified atom stereocenters. The molecule has 2 rings (SSSR count). The van der Waals surface area contributed by atoms with Gasteiger partial charge in [-0.2, -0.15) is 0 Å². The first-order chi connectivity index (χ1) is 12.2. The van der Waals surface area contributed by atoms with Crippen LogP contribution in [-0.2, 0) is 6.54 Å². The van der Waals surface area contributed by atoms with E-state index in [9.17, 15) is 0 Å². The molecule has 0 spiro atoms. The lowest BCUT2D eigenvalue weighted by Gasteiger charge is -2.13. The van der Waals surface area contributed by atoms with E-state index >= 15 is 0 Å². The predicted molar refractivity (Wildman–Crippen MR) is 106 cm³/mol. The van der Waals surface area contributed by atoms with E-state index in [0.717, 1.165) is 56.2 Å². The van der Waals surface area contributed by atoms with E-state index in [1.807, 2.05) is 24.3 Å². The van der Waals surface area contributed by atoms with Crippen LogP contribution >= 0.6 is 0 Å². The molecule has 3 nitrogen and oxygen atoms in total. The first-order valence-electron chi connectivity index (χ1n) is 9.36. The Morgan fingerprint density at radius 2 is 1.68 bits per heavy atom. The SMILES string of the molecule is CCCCOc1ccccc1CNc1ccc(OCCC(C)C)cc1. The van der Waals surface area contributed by atoms with E-state index in [-0.39, 0.29) is 0 Å². The Labute approximate surface area is 152 Å². The highest BCUT2D eigenvalue weighted by molar-refractivity contribution is 5.47. The van der Waals surface area contributed by atoms with Crippen LogP contribution in [0.2, 0.25) is 0 Å². The highest BCUT2D eigenvalue weighted by Crippen LogP contribution is 2.21. The third-order valence-corrected chi connectivity index (χ3v) is 4.03. The molecule has 1 N–H and O–H groups in total. The second-order valence-corrected chi connectivity index (χ2v) is 6.72. The largest absolute Gasteiger partial charge is 0.494 e. The predicted octanol–water partition coefficient (Wildman–Crippen LogP) is 5.90. The second-order valence-electron chi connectivity index (χ2n) is 6.72. The number of para-hydroxylation sites is 1. The number of nitrogens with one attached hydrogen (secondary N) is 1. The van der Waals surface area contributed by atoms with Crippen molar-refractivity contribution in [2.45, 2.75) is 46.6 Å². The van der Waals surface area contributed by atoms with Crippen LogP contribution in [0.25, 0.3) is 0 Å². The van der Waals surface area contributed by atoms with E-state index in [4.69, 9.17) is 9.47 Å². The van der Waals surface area contributed by atoms with E-state index < -0.39 is 0 Å². The van der Waals surface area contributed by atoms with Crippen LogP contribution in [0.3, 0.4) is 0 Å². The van der Waals surface area contributed by atoms with Gasteiger partial charge in [-0.1, -0.05) is 45.4 Å². The molecule has 0 fully saturated rings. The molecular weight excluding hydrogens is 310 g/mol. The van der Waals surface area contributed by atoms with Crippen LogP contribution in [0.1, 0.15) is 45.6 Å². The van der Waals surface area contributed by atoms with Crippen molar-refractivity contribution in [2.24, 2.45) is 5.92 Å². The average Bonchev–Trinajstić information content (AvgIpc) is 2.62. The number of hydrogen-bond donors (Lipinski definition) is 1. The molecule has 0 aliphatic heterocycles. The first-order valence-corrected chi connectivity index (χ1v) is 9.36. The molecule has 0 aliphatic rings. The Kier molecular flexibility index (Phi) is 8.17. The van der Waals surface area contributed by atoms with Crippen molar-refractivity contribution in [3.63, 3.8) is 0 Å². The molecule has 136 valence electrons. The minimum atomic E-state index is 0.667. The van der Waals surface area contributed by atoms with Crippen molar-refractivity contribution in [1.29, 1.82) is 0 Å². The molecular formula is C22H31NO2. The van der Waals surface area contributed by atoms with E-state index in [1.54, 1.807) is 0 Å². The summed E-state index contributed by atoms with van der Waals surface area (Å²) in [5.41, 5.74) is 2.26. The van der Waals surface area contributed by atoms with Crippen molar-refractivity contribution < 1.29 is 9.47 Å². The molecule has 0 amide bonds. The Morgan fingerprint density at radius 3 is 2.40 bits per heavy atom. The molecule has 0 saturated heterocycles. The molecule has 0 aliphatic carbocycles. The Hall–Kier alpha value is -2.16. The fraction of sp³-hybridized carbons (Fsp3) is 0.455. The molecule has 0 heterocycles. The summed E-state index contributed by atoms with van der Waals surface area (Å²) in [7, 11) is 0. The number of hydrogen-bond acceptors (Lipinski definition) is 3. The van der Waals surface area contributed by atoms with Crippen LogP contribution in [0.15, 0.2) is 48.5 Å². The molecule has 0 radical (unpaired) electrons. The van der Waals surface area contributed by atoms with Gasteiger partial charge in [-0.25, -0.2) is 0 Å². The zero-order valence-corrected chi connectivity index (χ0v) is 15.8. The summed E-state index contributed by atoms with van der Waals surface area (Å²) in [5.74, 6) is 2.56. The minimum absolute atomic E-state index is 0.667. The van der Waals surface area contributed by atoms with Crippen LogP contribution < -0.4 is 14.8 Å². The van der Waals surface area contributed by atoms with Crippen LogP contribution in [0.5, 0.6) is 11.5 Å². The van der Waals surface area contributed by atoms with Gasteiger partial charge in [0.1, 0.15) is 11.5 Å². The van der Waals surface area contributed by atoms with Gasteiger partial charge < -0.3 is 14.8 Å². The Balaban J connectivity index is 1.84. The third-order valence-electron chi connectivity index (χ3n) is 4.03. The Bertz CT molecular complexity index is 608. The zero-order chi connectivity index (χ0) is 17.9. The number of benzene rings is 2. The maximum Gasteiger partial charge on any atom is 0.124 e. The second kappa shape index (κ2) is 10.7. The standard InChI is InChI=1S/C22H31NO2/c1-4-5-15-25-22-9-7-6-8-19(22)17-23-20-10-12-21(13-11-20)24-16-14-18(2)3/h6-13,18,23H,4-5,14-17H2,1-3H3. The molecule has 0 aromatic heterocycles. The van der Waals surface area contributed by atoms with E-state index in [1.165, 1.54) is 5.56 Å². The maximum absolute atomic E-state index is 5.89. The van der Waals surface area contributed by atoms with Crippen LogP contribution in [0.4, 0.5) is 5.69 Å². The van der Waals surface area contributed by atoms with Crippen molar-refractivity contribution in [3.05, 3.63) is 54.1 Å². The number of ether oxygens (including phenoxy) is 2. The summed E-state index contributed by atoms with van der Waals surface area (Å²) < 4.78 is 11.6. The molecule has 3 heteroatoms.